The second-order valence-corrected chi connectivity index (χ2v) is 6.28. The first-order valence-corrected chi connectivity index (χ1v) is 6.89. The summed E-state index contributed by atoms with van der Waals surface area (Å²) in [6, 6.07) is 2.29. The highest BCUT2D eigenvalue weighted by Crippen LogP contribution is 2.26. The lowest BCUT2D eigenvalue weighted by Gasteiger charge is -2.28. The molecular weight excluding hydrogens is 288 g/mol. The molecule has 0 aromatic carbocycles. The molecule has 0 aliphatic heterocycles. The Balaban J connectivity index is 2.59. The molecule has 0 aliphatic carbocycles. The molecule has 1 rings (SSSR count). The molecule has 0 radical (unpaired) electrons. The topological polar surface area (TPSA) is 47.3 Å². The van der Waals surface area contributed by atoms with Crippen LogP contribution in [0.5, 0.6) is 0 Å². The quantitative estimate of drug-likeness (QED) is 0.627. The average Bonchev–Trinajstić information content (AvgIpc) is 2.63. The van der Waals surface area contributed by atoms with Crippen LogP contribution >= 0.6 is 27.3 Å². The first-order valence-electron chi connectivity index (χ1n) is 5.21. The fourth-order valence-corrected chi connectivity index (χ4v) is 3.16. The predicted molar refractivity (Wildman–Crippen MR) is 72.5 cm³/mol. The van der Waals surface area contributed by atoms with Gasteiger partial charge in [0.05, 0.1) is 5.60 Å². The Bertz CT molecular complexity index is 328. The Morgan fingerprint density at radius 2 is 2.31 bits per heavy atom. The number of nitrogens with one attached hydrogen (secondary N) is 1. The van der Waals surface area contributed by atoms with Gasteiger partial charge in [0.2, 0.25) is 0 Å². The monoisotopic (exact) mass is 306 g/mol. The SMILES string of the molecule is COC(C)(C)CC(Cc1sccc1Br)NN. The first-order chi connectivity index (χ1) is 7.48. The van der Waals surface area contributed by atoms with Crippen molar-refractivity contribution in [3.63, 3.8) is 0 Å². The smallest absolute Gasteiger partial charge is 0.0638 e. The minimum Gasteiger partial charge on any atom is -0.379 e. The summed E-state index contributed by atoms with van der Waals surface area (Å²) in [4.78, 5) is 1.31. The molecule has 0 fully saturated rings. The Hall–Kier alpha value is 0.0600. The molecule has 0 saturated heterocycles. The van der Waals surface area contributed by atoms with Crippen molar-refractivity contribution in [2.75, 3.05) is 7.11 Å². The molecule has 3 nitrogen and oxygen atoms in total. The molecular formula is C11H19BrN2OS. The van der Waals surface area contributed by atoms with Crippen LogP contribution in [-0.4, -0.2) is 18.8 Å². The lowest BCUT2D eigenvalue weighted by atomic mass is 9.97. The maximum atomic E-state index is 5.59. The van der Waals surface area contributed by atoms with E-state index >= 15 is 0 Å². The van der Waals surface area contributed by atoms with Crippen LogP contribution in [0, 0.1) is 0 Å². The van der Waals surface area contributed by atoms with Gasteiger partial charge in [-0.05, 0) is 54.1 Å². The zero-order valence-electron chi connectivity index (χ0n) is 9.92. The summed E-state index contributed by atoms with van der Waals surface area (Å²) in [6.07, 6.45) is 1.80. The van der Waals surface area contributed by atoms with E-state index < -0.39 is 0 Å². The van der Waals surface area contributed by atoms with Gasteiger partial charge < -0.3 is 4.74 Å². The third-order valence-corrected chi connectivity index (χ3v) is 4.60. The maximum Gasteiger partial charge on any atom is 0.0638 e. The van der Waals surface area contributed by atoms with Crippen LogP contribution < -0.4 is 11.3 Å². The van der Waals surface area contributed by atoms with Crippen molar-refractivity contribution in [1.29, 1.82) is 0 Å². The minimum absolute atomic E-state index is 0.152. The number of ether oxygens (including phenoxy) is 1. The molecule has 1 aromatic rings. The summed E-state index contributed by atoms with van der Waals surface area (Å²) < 4.78 is 6.58. The van der Waals surface area contributed by atoms with Crippen molar-refractivity contribution >= 4 is 27.3 Å². The average molecular weight is 307 g/mol. The number of halogens is 1. The number of nitrogens with two attached hydrogens (primary N) is 1. The van der Waals surface area contributed by atoms with E-state index in [-0.39, 0.29) is 11.6 Å². The van der Waals surface area contributed by atoms with Crippen LogP contribution in [0.1, 0.15) is 25.1 Å². The van der Waals surface area contributed by atoms with Crippen molar-refractivity contribution in [1.82, 2.24) is 5.43 Å². The van der Waals surface area contributed by atoms with Gasteiger partial charge in [0.25, 0.3) is 0 Å². The molecule has 5 heteroatoms. The fraction of sp³-hybridized carbons (Fsp3) is 0.636. The number of hydrazine groups is 1. The van der Waals surface area contributed by atoms with Crippen molar-refractivity contribution in [2.24, 2.45) is 5.84 Å². The summed E-state index contributed by atoms with van der Waals surface area (Å²) in [5.74, 6) is 5.59. The largest absolute Gasteiger partial charge is 0.379 e. The molecule has 16 heavy (non-hydrogen) atoms. The fourth-order valence-electron chi connectivity index (χ4n) is 1.56. The normalized spacial score (nSPS) is 14.1. The molecule has 1 aromatic heterocycles. The highest BCUT2D eigenvalue weighted by Gasteiger charge is 2.23. The molecule has 0 bridgehead atoms. The van der Waals surface area contributed by atoms with Crippen LogP contribution in [0.25, 0.3) is 0 Å². The molecule has 0 spiro atoms. The van der Waals surface area contributed by atoms with Gasteiger partial charge in [-0.1, -0.05) is 0 Å². The first kappa shape index (κ1) is 14.1. The van der Waals surface area contributed by atoms with Gasteiger partial charge in [0, 0.05) is 22.5 Å². The van der Waals surface area contributed by atoms with Crippen LogP contribution in [0.3, 0.4) is 0 Å². The Labute approximate surface area is 109 Å². The zero-order chi connectivity index (χ0) is 12.2. The van der Waals surface area contributed by atoms with Crippen LogP contribution in [0.2, 0.25) is 0 Å². The number of thiophene rings is 1. The van der Waals surface area contributed by atoms with Crippen LogP contribution in [0.4, 0.5) is 0 Å². The maximum absolute atomic E-state index is 5.59. The number of hydrogen-bond donors (Lipinski definition) is 2. The van der Waals surface area contributed by atoms with Crippen LogP contribution in [0.15, 0.2) is 15.9 Å². The molecule has 0 aliphatic rings. The second kappa shape index (κ2) is 6.12. The van der Waals surface area contributed by atoms with E-state index in [2.05, 4.69) is 46.6 Å². The lowest BCUT2D eigenvalue weighted by molar-refractivity contribution is 0.00715. The van der Waals surface area contributed by atoms with E-state index in [1.54, 1.807) is 18.4 Å². The highest BCUT2D eigenvalue weighted by atomic mass is 79.9. The van der Waals surface area contributed by atoms with E-state index in [1.165, 1.54) is 4.88 Å². The van der Waals surface area contributed by atoms with Gasteiger partial charge in [0.15, 0.2) is 0 Å². The van der Waals surface area contributed by atoms with Gasteiger partial charge in [-0.25, -0.2) is 0 Å². The van der Waals surface area contributed by atoms with E-state index in [9.17, 15) is 0 Å². The summed E-state index contributed by atoms with van der Waals surface area (Å²) in [7, 11) is 1.73. The highest BCUT2D eigenvalue weighted by molar-refractivity contribution is 9.10. The van der Waals surface area contributed by atoms with Gasteiger partial charge in [0.1, 0.15) is 0 Å². The van der Waals surface area contributed by atoms with Gasteiger partial charge in [-0.2, -0.15) is 0 Å². The van der Waals surface area contributed by atoms with E-state index in [0.717, 1.165) is 17.3 Å². The van der Waals surface area contributed by atoms with E-state index in [0.29, 0.717) is 0 Å². The Morgan fingerprint density at radius 3 is 2.75 bits per heavy atom. The second-order valence-electron chi connectivity index (χ2n) is 4.43. The molecule has 0 amide bonds. The summed E-state index contributed by atoms with van der Waals surface area (Å²) in [5, 5.41) is 2.08. The lowest BCUT2D eigenvalue weighted by Crippen LogP contribution is -2.42. The third-order valence-electron chi connectivity index (χ3n) is 2.65. The third kappa shape index (κ3) is 4.14. The molecule has 1 atom stereocenters. The van der Waals surface area contributed by atoms with E-state index in [4.69, 9.17) is 10.6 Å². The molecule has 3 N–H and O–H groups in total. The minimum atomic E-state index is -0.152. The van der Waals surface area contributed by atoms with Gasteiger partial charge >= 0.3 is 0 Å². The Kier molecular flexibility index (Phi) is 5.40. The number of rotatable bonds is 6. The summed E-state index contributed by atoms with van der Waals surface area (Å²) in [6.45, 7) is 4.14. The van der Waals surface area contributed by atoms with Gasteiger partial charge in [-0.15, -0.1) is 11.3 Å². The van der Waals surface area contributed by atoms with Crippen molar-refractivity contribution < 1.29 is 4.74 Å². The number of hydrogen-bond acceptors (Lipinski definition) is 4. The van der Waals surface area contributed by atoms with Gasteiger partial charge in [-0.3, -0.25) is 11.3 Å². The molecule has 1 unspecified atom stereocenters. The predicted octanol–water partition coefficient (Wildman–Crippen LogP) is 2.70. The summed E-state index contributed by atoms with van der Waals surface area (Å²) >= 11 is 5.27. The summed E-state index contributed by atoms with van der Waals surface area (Å²) in [5.41, 5.74) is 2.71. The van der Waals surface area contributed by atoms with E-state index in [1.807, 2.05) is 0 Å². The van der Waals surface area contributed by atoms with Crippen LogP contribution in [-0.2, 0) is 11.2 Å². The standard InChI is InChI=1S/C11H19BrN2OS/c1-11(2,15-3)7-8(14-13)6-10-9(12)4-5-16-10/h4-5,8,14H,6-7,13H2,1-3H3. The van der Waals surface area contributed by atoms with Crippen molar-refractivity contribution in [3.8, 4) is 0 Å². The molecule has 92 valence electrons. The van der Waals surface area contributed by atoms with Crippen molar-refractivity contribution in [3.05, 3.63) is 20.8 Å². The van der Waals surface area contributed by atoms with Crippen molar-refractivity contribution in [2.45, 2.75) is 38.3 Å². The zero-order valence-corrected chi connectivity index (χ0v) is 12.3. The number of methoxy groups -OCH3 is 1. The molecule has 0 saturated carbocycles. The molecule has 1 heterocycles. The Morgan fingerprint density at radius 1 is 1.62 bits per heavy atom.